The molecule has 0 fully saturated rings. The topological polar surface area (TPSA) is 16.4 Å². The van der Waals surface area contributed by atoms with Crippen LogP contribution in [0.25, 0.3) is 53.2 Å². The summed E-state index contributed by atoms with van der Waals surface area (Å²) in [5.41, 5.74) is -5.00. The molecule has 2 heterocycles. The zero-order valence-electron chi connectivity index (χ0n) is 42.3. The second-order valence-corrected chi connectivity index (χ2v) is 9.05. The fraction of sp³-hybridized carbons (Fsp3) is 0. The number of thiophene rings is 1. The van der Waals surface area contributed by atoms with Gasteiger partial charge in [-0.2, -0.15) is 0 Å². The van der Waals surface area contributed by atoms with Crippen LogP contribution in [0.1, 0.15) is 31.5 Å². The van der Waals surface area contributed by atoms with Crippen LogP contribution in [-0.2, 0) is 0 Å². The van der Waals surface area contributed by atoms with Crippen LogP contribution in [0.4, 0.5) is 17.1 Å². The van der Waals surface area contributed by atoms with Crippen molar-refractivity contribution < 1.29 is 35.9 Å². The normalized spacial score (nSPS) is 19.8. The quantitative estimate of drug-likeness (QED) is 0.221. The standard InChI is InChI=1S/C36H23NOS/c1-2-9-24(10-3-1)25-17-19-26(20-18-25)37(27-21-22-29-28-11-4-6-15-33(28)38-34(29)23-27)32-14-8-13-31-30-12-5-7-16-35(30)39-36(31)32/h1-23H/i1D,2D,3D,4D,5D,6D,7D,8D,9D,10D,11D,12D,13D,14D,15D,16D,17D,18D,19D,20D,21D,22D,23D. The lowest BCUT2D eigenvalue weighted by atomic mass is 10.0. The van der Waals surface area contributed by atoms with Crippen molar-refractivity contribution in [2.75, 3.05) is 4.90 Å². The van der Waals surface area contributed by atoms with Crippen molar-refractivity contribution in [1.82, 2.24) is 0 Å². The maximum atomic E-state index is 9.51. The van der Waals surface area contributed by atoms with E-state index in [1.54, 1.807) is 0 Å². The van der Waals surface area contributed by atoms with Crippen molar-refractivity contribution in [3.63, 3.8) is 0 Å². The Bertz CT molecular complexity index is 3350. The monoisotopic (exact) mass is 540 g/mol. The molecule has 0 saturated heterocycles. The van der Waals surface area contributed by atoms with Gasteiger partial charge in [0, 0.05) is 43.7 Å². The zero-order chi connectivity index (χ0) is 45.8. The number of para-hydroxylation sites is 1. The minimum Gasteiger partial charge on any atom is -0.456 e. The van der Waals surface area contributed by atoms with E-state index in [0.29, 0.717) is 16.2 Å². The van der Waals surface area contributed by atoms with Gasteiger partial charge in [0.2, 0.25) is 0 Å². The van der Waals surface area contributed by atoms with Crippen molar-refractivity contribution >= 4 is 70.5 Å². The van der Waals surface area contributed by atoms with E-state index in [1.165, 1.54) is 0 Å². The SMILES string of the molecule is [2H]c1c([2H])c([2H])c(-c2c([2H])c([2H])c(N(c3c([2H])c([2H])c4c(oc5c([2H])c([2H])c([2H])c([2H])c54)c3[2H])c3c([2H])c([2H])c([2H])c4c3sc3c([2H])c([2H])c([2H])c([2H])c34)c([2H])c2[2H])c([2H])c1[2H]. The predicted molar refractivity (Wildman–Crippen MR) is 167 cm³/mol. The van der Waals surface area contributed by atoms with Gasteiger partial charge in [0.25, 0.3) is 0 Å². The molecule has 0 bridgehead atoms. The molecule has 2 nitrogen and oxygen atoms in total. The molecule has 0 aliphatic carbocycles. The number of fused-ring (bicyclic) bond motifs is 6. The van der Waals surface area contributed by atoms with Gasteiger partial charge in [-0.25, -0.2) is 0 Å². The molecule has 184 valence electrons. The molecular formula is C36H23NOS. The van der Waals surface area contributed by atoms with Crippen LogP contribution in [0, 0.1) is 0 Å². The van der Waals surface area contributed by atoms with E-state index in [-0.39, 0.29) is 25.6 Å². The summed E-state index contributed by atoms with van der Waals surface area (Å²) in [5.74, 6) is 0. The first kappa shape index (κ1) is 9.11. The van der Waals surface area contributed by atoms with Gasteiger partial charge in [-0.1, -0.05) is 90.6 Å². The van der Waals surface area contributed by atoms with E-state index in [1.807, 2.05) is 0 Å². The molecule has 3 heteroatoms. The van der Waals surface area contributed by atoms with Crippen molar-refractivity contribution in [2.24, 2.45) is 0 Å². The first-order valence-corrected chi connectivity index (χ1v) is 12.1. The van der Waals surface area contributed by atoms with Gasteiger partial charge in [-0.05, 0) is 53.4 Å². The number of furan rings is 1. The Morgan fingerprint density at radius 3 is 2.05 bits per heavy atom. The summed E-state index contributed by atoms with van der Waals surface area (Å²) in [6.45, 7) is 0. The molecule has 0 aliphatic rings. The Balaban J connectivity index is 1.62. The highest BCUT2D eigenvalue weighted by molar-refractivity contribution is 7.26. The fourth-order valence-corrected chi connectivity index (χ4v) is 5.18. The van der Waals surface area contributed by atoms with Crippen LogP contribution in [0.2, 0.25) is 0 Å². The van der Waals surface area contributed by atoms with Crippen LogP contribution >= 0.6 is 11.3 Å². The first-order valence-electron chi connectivity index (χ1n) is 22.7. The maximum Gasteiger partial charge on any atom is 0.137 e. The molecule has 6 aromatic carbocycles. The summed E-state index contributed by atoms with van der Waals surface area (Å²) in [4.78, 5) is 0.644. The molecule has 0 atom stereocenters. The molecule has 8 rings (SSSR count). The Morgan fingerprint density at radius 2 is 1.18 bits per heavy atom. The number of hydrogen-bond acceptors (Lipinski definition) is 3. The van der Waals surface area contributed by atoms with E-state index in [4.69, 9.17) is 27.7 Å². The molecule has 2 aromatic heterocycles. The number of benzene rings is 6. The number of rotatable bonds is 4. The highest BCUT2D eigenvalue weighted by atomic mass is 32.1. The molecule has 0 N–H and O–H groups in total. The van der Waals surface area contributed by atoms with Crippen molar-refractivity contribution in [2.45, 2.75) is 0 Å². The lowest BCUT2D eigenvalue weighted by Crippen LogP contribution is -2.10. The second-order valence-electron chi connectivity index (χ2n) is 8.03. The summed E-state index contributed by atoms with van der Waals surface area (Å²) in [6, 6.07) is -19.1. The van der Waals surface area contributed by atoms with Gasteiger partial charge >= 0.3 is 0 Å². The van der Waals surface area contributed by atoms with E-state index in [0.717, 1.165) is 0 Å². The van der Waals surface area contributed by atoms with E-state index in [9.17, 15) is 8.22 Å². The van der Waals surface area contributed by atoms with Crippen LogP contribution < -0.4 is 4.90 Å². The van der Waals surface area contributed by atoms with Gasteiger partial charge in [-0.3, -0.25) is 0 Å². The minimum atomic E-state index is -1.07. The van der Waals surface area contributed by atoms with Crippen molar-refractivity contribution in [1.29, 1.82) is 0 Å². The Morgan fingerprint density at radius 1 is 0.513 bits per heavy atom. The molecule has 0 saturated carbocycles. The minimum absolute atomic E-state index is 0.170. The Kier molecular flexibility index (Phi) is 2.07. The highest BCUT2D eigenvalue weighted by Crippen LogP contribution is 2.45. The summed E-state index contributed by atoms with van der Waals surface area (Å²) in [5, 5.41) is -1.39. The molecule has 0 unspecified atom stereocenters. The van der Waals surface area contributed by atoms with Crippen LogP contribution in [0.15, 0.2) is 143 Å². The molecule has 0 amide bonds. The lowest BCUT2D eigenvalue weighted by Gasteiger charge is -2.26. The molecule has 0 spiro atoms. The Labute approximate surface area is 262 Å². The molecular weight excluding hydrogens is 494 g/mol. The van der Waals surface area contributed by atoms with Gasteiger partial charge in [-0.15, -0.1) is 11.3 Å². The van der Waals surface area contributed by atoms with Crippen molar-refractivity contribution in [3.8, 4) is 11.1 Å². The summed E-state index contributed by atoms with van der Waals surface area (Å²) < 4.78 is 207. The number of anilines is 3. The fourth-order valence-electron chi connectivity index (χ4n) is 4.13. The summed E-state index contributed by atoms with van der Waals surface area (Å²) in [7, 11) is 0. The maximum absolute atomic E-state index is 9.51. The summed E-state index contributed by atoms with van der Waals surface area (Å²) in [6.07, 6.45) is 0. The van der Waals surface area contributed by atoms with Gasteiger partial charge in [0.15, 0.2) is 0 Å². The third-order valence-corrected chi connectivity index (χ3v) is 6.93. The highest BCUT2D eigenvalue weighted by Gasteiger charge is 2.19. The average molecular weight is 541 g/mol. The Hall–Kier alpha value is -4.86. The second kappa shape index (κ2) is 8.87. The number of nitrogens with zero attached hydrogens (tertiary/aromatic N) is 1. The van der Waals surface area contributed by atoms with Gasteiger partial charge < -0.3 is 9.32 Å². The van der Waals surface area contributed by atoms with E-state index < -0.39 is 184 Å². The van der Waals surface area contributed by atoms with Crippen molar-refractivity contribution in [3.05, 3.63) is 139 Å². The van der Waals surface area contributed by atoms with E-state index >= 15 is 0 Å². The molecule has 0 radical (unpaired) electrons. The van der Waals surface area contributed by atoms with Gasteiger partial charge in [0.05, 0.1) is 41.9 Å². The number of hydrogen-bond donors (Lipinski definition) is 0. The first-order chi connectivity index (χ1) is 28.9. The average Bonchev–Trinajstić information content (AvgIpc) is 3.85. The van der Waals surface area contributed by atoms with Crippen LogP contribution in [0.3, 0.4) is 0 Å². The van der Waals surface area contributed by atoms with E-state index in [2.05, 4.69) is 0 Å². The van der Waals surface area contributed by atoms with Gasteiger partial charge in [0.1, 0.15) is 11.2 Å². The van der Waals surface area contributed by atoms with Crippen LogP contribution in [0.5, 0.6) is 0 Å². The molecule has 39 heavy (non-hydrogen) atoms. The lowest BCUT2D eigenvalue weighted by molar-refractivity contribution is 0.669. The molecule has 0 aliphatic heterocycles. The third kappa shape index (κ3) is 3.63. The predicted octanol–water partition coefficient (Wildman–Crippen LogP) is 11.1. The zero-order valence-corrected chi connectivity index (χ0v) is 20.1. The molecule has 8 aromatic rings. The third-order valence-electron chi connectivity index (χ3n) is 5.82. The van der Waals surface area contributed by atoms with Crippen LogP contribution in [-0.4, -0.2) is 0 Å². The largest absolute Gasteiger partial charge is 0.456 e. The smallest absolute Gasteiger partial charge is 0.137 e. The summed E-state index contributed by atoms with van der Waals surface area (Å²) >= 11 is 0.581.